The van der Waals surface area contributed by atoms with Gasteiger partial charge in [-0.05, 0) is 36.6 Å². The molecule has 0 aliphatic rings. The predicted molar refractivity (Wildman–Crippen MR) is 104 cm³/mol. The van der Waals surface area contributed by atoms with E-state index in [0.717, 1.165) is 29.4 Å². The zero-order valence-corrected chi connectivity index (χ0v) is 15.8. The smallest absolute Gasteiger partial charge is 0.261 e. The summed E-state index contributed by atoms with van der Waals surface area (Å²) < 4.78 is 19.6. The van der Waals surface area contributed by atoms with Gasteiger partial charge in [0.1, 0.15) is 0 Å². The first-order valence-corrected chi connectivity index (χ1v) is 10.6. The Balaban J connectivity index is 1.95. The minimum Gasteiger partial charge on any atom is -0.322 e. The topological polar surface area (TPSA) is 26.3 Å². The molecule has 24 heavy (non-hydrogen) atoms. The van der Waals surface area contributed by atoms with E-state index in [1.54, 1.807) is 0 Å². The molecule has 0 saturated carbocycles. The molecule has 130 valence electrons. The Bertz CT molecular complexity index is 579. The van der Waals surface area contributed by atoms with Gasteiger partial charge in [-0.3, -0.25) is 4.57 Å². The first-order chi connectivity index (χ1) is 11.6. The molecule has 0 saturated heterocycles. The number of rotatable bonds is 10. The van der Waals surface area contributed by atoms with Crippen LogP contribution in [0.25, 0.3) is 0 Å². The maximum Gasteiger partial charge on any atom is 0.261 e. The molecular weight excluding hydrogens is 315 g/mol. The molecule has 2 nitrogen and oxygen atoms in total. The van der Waals surface area contributed by atoms with Gasteiger partial charge in [0, 0.05) is 10.6 Å². The lowest BCUT2D eigenvalue weighted by Crippen LogP contribution is -2.18. The Morgan fingerprint density at radius 1 is 0.792 bits per heavy atom. The number of unbranched alkanes of at least 4 members (excludes halogenated alkanes) is 3. The van der Waals surface area contributed by atoms with Crippen molar-refractivity contribution >= 4 is 18.0 Å². The van der Waals surface area contributed by atoms with Crippen LogP contribution in [0.4, 0.5) is 0 Å². The second kappa shape index (κ2) is 9.81. The van der Waals surface area contributed by atoms with Crippen LogP contribution in [-0.4, -0.2) is 6.61 Å². The molecule has 0 aromatic heterocycles. The zero-order valence-electron chi connectivity index (χ0n) is 14.9. The van der Waals surface area contributed by atoms with Gasteiger partial charge in [0.05, 0.1) is 6.61 Å². The van der Waals surface area contributed by atoms with E-state index in [0.29, 0.717) is 6.61 Å². The van der Waals surface area contributed by atoms with Crippen LogP contribution in [0.15, 0.2) is 60.7 Å². The fraction of sp³-hybridized carbons (Fsp3) is 0.429. The van der Waals surface area contributed by atoms with Crippen molar-refractivity contribution in [1.82, 2.24) is 0 Å². The van der Waals surface area contributed by atoms with E-state index in [9.17, 15) is 4.57 Å². The lowest BCUT2D eigenvalue weighted by Gasteiger charge is -2.19. The van der Waals surface area contributed by atoms with Gasteiger partial charge in [0.25, 0.3) is 7.37 Å². The lowest BCUT2D eigenvalue weighted by molar-refractivity contribution is 0.313. The van der Waals surface area contributed by atoms with Crippen molar-refractivity contribution in [3.05, 3.63) is 60.7 Å². The van der Waals surface area contributed by atoms with Crippen molar-refractivity contribution in [3.63, 3.8) is 0 Å². The summed E-state index contributed by atoms with van der Waals surface area (Å²) in [6, 6.07) is 19.1. The molecule has 0 radical (unpaired) electrons. The maximum absolute atomic E-state index is 13.6. The quantitative estimate of drug-likeness (QED) is 0.418. The molecule has 0 unspecified atom stereocenters. The van der Waals surface area contributed by atoms with Gasteiger partial charge in [0.2, 0.25) is 0 Å². The first-order valence-electron chi connectivity index (χ1n) is 8.99. The van der Waals surface area contributed by atoms with Crippen molar-refractivity contribution in [2.75, 3.05) is 6.61 Å². The summed E-state index contributed by atoms with van der Waals surface area (Å²) in [6.07, 6.45) is 5.88. The lowest BCUT2D eigenvalue weighted by atomic mass is 10.0. The Hall–Kier alpha value is -1.37. The molecule has 2 aromatic rings. The highest BCUT2D eigenvalue weighted by molar-refractivity contribution is 7.74. The van der Waals surface area contributed by atoms with Crippen LogP contribution < -0.4 is 10.6 Å². The highest BCUT2D eigenvalue weighted by Gasteiger charge is 2.27. The van der Waals surface area contributed by atoms with E-state index < -0.39 is 7.37 Å². The normalized spacial score (nSPS) is 11.8. The molecule has 0 spiro atoms. The molecule has 0 aliphatic heterocycles. The number of benzene rings is 2. The van der Waals surface area contributed by atoms with Crippen molar-refractivity contribution in [2.45, 2.75) is 46.0 Å². The second-order valence-corrected chi connectivity index (χ2v) is 9.05. The largest absolute Gasteiger partial charge is 0.322 e. The van der Waals surface area contributed by atoms with Crippen molar-refractivity contribution in [3.8, 4) is 0 Å². The molecule has 0 bridgehead atoms. The summed E-state index contributed by atoms with van der Waals surface area (Å²) in [6.45, 7) is 5.07. The van der Waals surface area contributed by atoms with E-state index in [1.807, 2.05) is 60.7 Å². The third-order valence-electron chi connectivity index (χ3n) is 4.14. The standard InChI is InChI=1S/C21H29O2P/c1-19(2)13-7-3-4-12-18-23-24(22,20-14-8-5-9-15-20)21-16-10-6-11-17-21/h5-6,8-11,14-17,19H,3-4,7,12-13,18H2,1-2H3. The molecule has 0 amide bonds. The van der Waals surface area contributed by atoms with Gasteiger partial charge in [-0.2, -0.15) is 0 Å². The van der Waals surface area contributed by atoms with Gasteiger partial charge >= 0.3 is 0 Å². The van der Waals surface area contributed by atoms with E-state index >= 15 is 0 Å². The summed E-state index contributed by atoms with van der Waals surface area (Å²) in [7, 11) is -3.00. The minimum atomic E-state index is -3.00. The van der Waals surface area contributed by atoms with Crippen LogP contribution in [0.3, 0.4) is 0 Å². The Kier molecular flexibility index (Phi) is 7.75. The maximum atomic E-state index is 13.6. The van der Waals surface area contributed by atoms with E-state index in [-0.39, 0.29) is 0 Å². The van der Waals surface area contributed by atoms with Crippen LogP contribution in [0.2, 0.25) is 0 Å². The molecule has 0 heterocycles. The molecule has 2 aromatic carbocycles. The first kappa shape index (κ1) is 19.0. The molecule has 0 aliphatic carbocycles. The summed E-state index contributed by atoms with van der Waals surface area (Å²) in [4.78, 5) is 0. The van der Waals surface area contributed by atoms with Crippen molar-refractivity contribution in [1.29, 1.82) is 0 Å². The molecule has 0 atom stereocenters. The second-order valence-electron chi connectivity index (χ2n) is 6.65. The average molecular weight is 344 g/mol. The fourth-order valence-corrected chi connectivity index (χ4v) is 4.86. The summed E-state index contributed by atoms with van der Waals surface area (Å²) >= 11 is 0. The van der Waals surface area contributed by atoms with E-state index in [1.165, 1.54) is 19.3 Å². The highest BCUT2D eigenvalue weighted by atomic mass is 31.2. The van der Waals surface area contributed by atoms with Crippen LogP contribution >= 0.6 is 7.37 Å². The Morgan fingerprint density at radius 3 is 1.79 bits per heavy atom. The zero-order chi connectivity index (χ0) is 17.3. The Morgan fingerprint density at radius 2 is 1.29 bits per heavy atom. The summed E-state index contributed by atoms with van der Waals surface area (Å²) in [5.41, 5.74) is 0. The monoisotopic (exact) mass is 344 g/mol. The van der Waals surface area contributed by atoms with Crippen LogP contribution in [0.5, 0.6) is 0 Å². The van der Waals surface area contributed by atoms with Gasteiger partial charge in [-0.25, -0.2) is 0 Å². The van der Waals surface area contributed by atoms with Crippen molar-refractivity contribution in [2.24, 2.45) is 5.92 Å². The molecular formula is C21H29O2P. The SMILES string of the molecule is CC(C)CCCCCCOP(=O)(c1ccccc1)c1ccccc1. The molecule has 0 N–H and O–H groups in total. The summed E-state index contributed by atoms with van der Waals surface area (Å²) in [5, 5.41) is 1.55. The van der Waals surface area contributed by atoms with Gasteiger partial charge in [0.15, 0.2) is 0 Å². The third kappa shape index (κ3) is 5.61. The minimum absolute atomic E-state index is 0.544. The average Bonchev–Trinajstić information content (AvgIpc) is 2.62. The van der Waals surface area contributed by atoms with Gasteiger partial charge < -0.3 is 4.52 Å². The van der Waals surface area contributed by atoms with Crippen LogP contribution in [0, 0.1) is 5.92 Å². The molecule has 0 fully saturated rings. The van der Waals surface area contributed by atoms with E-state index in [2.05, 4.69) is 13.8 Å². The van der Waals surface area contributed by atoms with Crippen molar-refractivity contribution < 1.29 is 9.09 Å². The van der Waals surface area contributed by atoms with Crippen LogP contribution in [-0.2, 0) is 9.09 Å². The third-order valence-corrected chi connectivity index (χ3v) is 6.64. The van der Waals surface area contributed by atoms with Gasteiger partial charge in [-0.1, -0.05) is 75.9 Å². The summed E-state index contributed by atoms with van der Waals surface area (Å²) in [5.74, 6) is 0.776. The molecule has 3 heteroatoms. The predicted octanol–water partition coefficient (Wildman–Crippen LogP) is 5.54. The fourth-order valence-electron chi connectivity index (χ4n) is 2.75. The highest BCUT2D eigenvalue weighted by Crippen LogP contribution is 2.44. The van der Waals surface area contributed by atoms with Gasteiger partial charge in [-0.15, -0.1) is 0 Å². The van der Waals surface area contributed by atoms with Crippen LogP contribution in [0.1, 0.15) is 46.0 Å². The number of hydrogen-bond donors (Lipinski definition) is 0. The van der Waals surface area contributed by atoms with E-state index in [4.69, 9.17) is 4.52 Å². The Labute approximate surface area is 146 Å². The molecule has 2 rings (SSSR count). The number of hydrogen-bond acceptors (Lipinski definition) is 2.